The number of halogens is 1. The Balaban J connectivity index is 1.47. The molecule has 0 saturated carbocycles. The maximum atomic E-state index is 12.1. The molecule has 0 atom stereocenters. The van der Waals surface area contributed by atoms with Gasteiger partial charge in [-0.25, -0.2) is 10.2 Å². The molecule has 0 aliphatic carbocycles. The first kappa shape index (κ1) is 20.1. The van der Waals surface area contributed by atoms with Gasteiger partial charge in [0.2, 0.25) is 0 Å². The summed E-state index contributed by atoms with van der Waals surface area (Å²) in [5.41, 5.74) is 3.47. The third-order valence-corrected chi connectivity index (χ3v) is 3.90. The molecule has 0 aliphatic heterocycles. The quantitative estimate of drug-likeness (QED) is 0.276. The topological polar surface area (TPSA) is 77.0 Å². The van der Waals surface area contributed by atoms with Gasteiger partial charge >= 0.3 is 5.97 Å². The lowest BCUT2D eigenvalue weighted by atomic mass is 10.2. The lowest BCUT2D eigenvalue weighted by Gasteiger charge is -2.05. The first-order valence-corrected chi connectivity index (χ1v) is 9.05. The Bertz CT molecular complexity index is 1000. The molecule has 7 heteroatoms. The van der Waals surface area contributed by atoms with Crippen molar-refractivity contribution in [3.63, 3.8) is 0 Å². The van der Waals surface area contributed by atoms with Crippen molar-refractivity contribution >= 4 is 29.7 Å². The van der Waals surface area contributed by atoms with Crippen molar-refractivity contribution in [2.45, 2.75) is 0 Å². The van der Waals surface area contributed by atoms with E-state index in [9.17, 15) is 9.59 Å². The number of hydrogen-bond acceptors (Lipinski definition) is 5. The zero-order valence-corrected chi connectivity index (χ0v) is 16.0. The zero-order chi connectivity index (χ0) is 20.5. The molecule has 146 valence electrons. The Hall–Kier alpha value is -3.64. The number of hydrazone groups is 1. The summed E-state index contributed by atoms with van der Waals surface area (Å²) in [7, 11) is 0. The van der Waals surface area contributed by atoms with Gasteiger partial charge in [0.05, 0.1) is 11.8 Å². The molecule has 0 radical (unpaired) electrons. The Kier molecular flexibility index (Phi) is 6.97. The highest BCUT2D eigenvalue weighted by Gasteiger charge is 2.08. The number of para-hydroxylation sites is 1. The van der Waals surface area contributed by atoms with E-state index < -0.39 is 5.97 Å². The van der Waals surface area contributed by atoms with E-state index >= 15 is 0 Å². The third-order valence-electron chi connectivity index (χ3n) is 3.67. The molecule has 0 aliphatic rings. The van der Waals surface area contributed by atoms with Gasteiger partial charge in [0.15, 0.2) is 6.61 Å². The number of rotatable bonds is 7. The largest absolute Gasteiger partial charge is 0.484 e. The highest BCUT2D eigenvalue weighted by molar-refractivity contribution is 6.30. The Labute approximate surface area is 172 Å². The van der Waals surface area contributed by atoms with Crippen LogP contribution in [0.1, 0.15) is 15.9 Å². The van der Waals surface area contributed by atoms with Crippen LogP contribution in [-0.2, 0) is 4.79 Å². The number of ether oxygens (including phenoxy) is 2. The second kappa shape index (κ2) is 10.1. The van der Waals surface area contributed by atoms with Crippen LogP contribution in [0.3, 0.4) is 0 Å². The van der Waals surface area contributed by atoms with Gasteiger partial charge in [-0.15, -0.1) is 0 Å². The number of carbonyl (C=O) groups excluding carboxylic acids is 2. The van der Waals surface area contributed by atoms with Crippen molar-refractivity contribution < 1.29 is 19.1 Å². The van der Waals surface area contributed by atoms with Crippen molar-refractivity contribution in [2.75, 3.05) is 6.61 Å². The molecule has 29 heavy (non-hydrogen) atoms. The van der Waals surface area contributed by atoms with E-state index in [0.717, 1.165) is 5.56 Å². The molecule has 0 saturated heterocycles. The van der Waals surface area contributed by atoms with Crippen molar-refractivity contribution in [1.82, 2.24) is 5.43 Å². The average molecular weight is 409 g/mol. The second-order valence-electron chi connectivity index (χ2n) is 5.86. The Morgan fingerprint density at radius 1 is 0.931 bits per heavy atom. The number of carbonyl (C=O) groups is 2. The van der Waals surface area contributed by atoms with Crippen LogP contribution in [0.2, 0.25) is 5.02 Å². The SMILES string of the molecule is O=C(COc1ccccc1)N/N=C\c1ccc(OC(=O)c2cccc(Cl)c2)cc1. The van der Waals surface area contributed by atoms with Crippen LogP contribution in [0.25, 0.3) is 0 Å². The van der Waals surface area contributed by atoms with Crippen LogP contribution in [0, 0.1) is 0 Å². The smallest absolute Gasteiger partial charge is 0.343 e. The molecule has 0 spiro atoms. The minimum absolute atomic E-state index is 0.139. The maximum Gasteiger partial charge on any atom is 0.343 e. The normalized spacial score (nSPS) is 10.5. The molecule has 3 rings (SSSR count). The van der Waals surface area contributed by atoms with Gasteiger partial charge in [-0.2, -0.15) is 5.10 Å². The summed E-state index contributed by atoms with van der Waals surface area (Å²) in [5, 5.41) is 4.34. The predicted octanol–water partition coefficient (Wildman–Crippen LogP) is 4.09. The van der Waals surface area contributed by atoms with E-state index in [1.165, 1.54) is 12.3 Å². The number of benzene rings is 3. The molecule has 1 amide bonds. The standard InChI is InChI=1S/C22H17ClN2O4/c23-18-6-4-5-17(13-18)22(27)29-20-11-9-16(10-12-20)14-24-25-21(26)15-28-19-7-2-1-3-8-19/h1-14H,15H2,(H,25,26)/b24-14-. The highest BCUT2D eigenvalue weighted by Crippen LogP contribution is 2.16. The lowest BCUT2D eigenvalue weighted by molar-refractivity contribution is -0.123. The number of hydrogen-bond donors (Lipinski definition) is 1. The molecule has 0 heterocycles. The molecule has 0 bridgehead atoms. The minimum Gasteiger partial charge on any atom is -0.484 e. The Morgan fingerprint density at radius 2 is 1.69 bits per heavy atom. The van der Waals surface area contributed by atoms with Gasteiger partial charge in [-0.3, -0.25) is 4.79 Å². The fourth-order valence-corrected chi connectivity index (χ4v) is 2.47. The van der Waals surface area contributed by atoms with Crippen LogP contribution in [0.5, 0.6) is 11.5 Å². The fourth-order valence-electron chi connectivity index (χ4n) is 2.28. The molecular formula is C22H17ClN2O4. The van der Waals surface area contributed by atoms with E-state index in [1.807, 2.05) is 18.2 Å². The summed E-state index contributed by atoms with van der Waals surface area (Å²) >= 11 is 5.87. The van der Waals surface area contributed by atoms with Crippen LogP contribution >= 0.6 is 11.6 Å². The highest BCUT2D eigenvalue weighted by atomic mass is 35.5. The van der Waals surface area contributed by atoms with Crippen LogP contribution in [0.15, 0.2) is 84.0 Å². The van der Waals surface area contributed by atoms with E-state index in [2.05, 4.69) is 10.5 Å². The van der Waals surface area contributed by atoms with Gasteiger partial charge in [-0.1, -0.05) is 35.9 Å². The molecule has 0 fully saturated rings. The van der Waals surface area contributed by atoms with Gasteiger partial charge in [0.1, 0.15) is 11.5 Å². The number of amides is 1. The van der Waals surface area contributed by atoms with Crippen molar-refractivity contribution in [1.29, 1.82) is 0 Å². The molecule has 1 N–H and O–H groups in total. The van der Waals surface area contributed by atoms with Crippen molar-refractivity contribution in [3.8, 4) is 11.5 Å². The van der Waals surface area contributed by atoms with Gasteiger partial charge in [0.25, 0.3) is 5.91 Å². The number of nitrogens with zero attached hydrogens (tertiary/aromatic N) is 1. The van der Waals surface area contributed by atoms with E-state index in [4.69, 9.17) is 21.1 Å². The molecule has 3 aromatic rings. The number of nitrogens with one attached hydrogen (secondary N) is 1. The molecule has 6 nitrogen and oxygen atoms in total. The van der Waals surface area contributed by atoms with Gasteiger partial charge in [-0.05, 0) is 60.2 Å². The third kappa shape index (κ3) is 6.48. The fraction of sp³-hybridized carbons (Fsp3) is 0.0455. The molecular weight excluding hydrogens is 392 g/mol. The number of esters is 1. The second-order valence-corrected chi connectivity index (χ2v) is 6.30. The first-order valence-electron chi connectivity index (χ1n) is 8.68. The zero-order valence-electron chi connectivity index (χ0n) is 15.2. The predicted molar refractivity (Wildman–Crippen MR) is 111 cm³/mol. The Morgan fingerprint density at radius 3 is 2.41 bits per heavy atom. The van der Waals surface area contributed by atoms with Crippen LogP contribution in [-0.4, -0.2) is 24.7 Å². The lowest BCUT2D eigenvalue weighted by Crippen LogP contribution is -2.24. The molecule has 0 unspecified atom stereocenters. The van der Waals surface area contributed by atoms with Crippen molar-refractivity contribution in [3.05, 3.63) is 95.0 Å². The monoisotopic (exact) mass is 408 g/mol. The van der Waals surface area contributed by atoms with Crippen LogP contribution < -0.4 is 14.9 Å². The van der Waals surface area contributed by atoms with E-state index in [1.54, 1.807) is 54.6 Å². The van der Waals surface area contributed by atoms with E-state index in [0.29, 0.717) is 22.1 Å². The van der Waals surface area contributed by atoms with Crippen molar-refractivity contribution in [2.24, 2.45) is 5.10 Å². The molecule has 3 aromatic carbocycles. The summed E-state index contributed by atoms with van der Waals surface area (Å²) < 4.78 is 10.6. The summed E-state index contributed by atoms with van der Waals surface area (Å²) in [4.78, 5) is 23.8. The minimum atomic E-state index is -0.500. The van der Waals surface area contributed by atoms with Gasteiger partial charge in [0, 0.05) is 5.02 Å². The summed E-state index contributed by atoms with van der Waals surface area (Å²) in [6, 6.07) is 22.2. The summed E-state index contributed by atoms with van der Waals surface area (Å²) in [6.45, 7) is -0.139. The van der Waals surface area contributed by atoms with Gasteiger partial charge < -0.3 is 9.47 Å². The first-order chi connectivity index (χ1) is 14.1. The summed E-state index contributed by atoms with van der Waals surface area (Å²) in [5.74, 6) is 0.110. The maximum absolute atomic E-state index is 12.1. The summed E-state index contributed by atoms with van der Waals surface area (Å²) in [6.07, 6.45) is 1.48. The van der Waals surface area contributed by atoms with E-state index in [-0.39, 0.29) is 12.5 Å². The molecule has 0 aromatic heterocycles. The van der Waals surface area contributed by atoms with Crippen LogP contribution in [0.4, 0.5) is 0 Å². The average Bonchev–Trinajstić information content (AvgIpc) is 2.74.